The highest BCUT2D eigenvalue weighted by Crippen LogP contribution is 2.50. The third kappa shape index (κ3) is 19.4. The highest BCUT2D eigenvalue weighted by Gasteiger charge is 2.51. The van der Waals surface area contributed by atoms with Crippen molar-refractivity contribution in [2.75, 3.05) is 6.61 Å². The number of carboxylic acid groups (broad SMARTS) is 1. The number of carboxylic acids is 1. The molecule has 0 aromatic rings. The van der Waals surface area contributed by atoms with Gasteiger partial charge in [0.25, 0.3) is 0 Å². The van der Waals surface area contributed by atoms with E-state index >= 15 is 0 Å². The SMILES string of the molecule is CCCCC(CC)COC(=O)C(CC(CC)CCCC)(C(C)C)C(CCCCCCCCCCCCCCCC(=O)O)C(C)C. The lowest BCUT2D eigenvalue weighted by atomic mass is 9.58. The van der Waals surface area contributed by atoms with Gasteiger partial charge in [-0.25, -0.2) is 0 Å². The lowest BCUT2D eigenvalue weighted by Crippen LogP contribution is -2.48. The first kappa shape index (κ1) is 43.9. The van der Waals surface area contributed by atoms with Gasteiger partial charge in [0.15, 0.2) is 0 Å². The summed E-state index contributed by atoms with van der Waals surface area (Å²) in [7, 11) is 0. The monoisotopic (exact) mass is 637 g/mol. The maximum absolute atomic E-state index is 14.4. The van der Waals surface area contributed by atoms with Crippen molar-refractivity contribution < 1.29 is 19.4 Å². The molecule has 0 spiro atoms. The number of esters is 1. The molecule has 0 aliphatic carbocycles. The van der Waals surface area contributed by atoms with Gasteiger partial charge in [0.05, 0.1) is 12.0 Å². The maximum Gasteiger partial charge on any atom is 0.312 e. The summed E-state index contributed by atoms with van der Waals surface area (Å²) in [4.78, 5) is 25.0. The Morgan fingerprint density at radius 3 is 1.44 bits per heavy atom. The fourth-order valence-corrected chi connectivity index (χ4v) is 7.70. The van der Waals surface area contributed by atoms with Crippen LogP contribution in [0.4, 0.5) is 0 Å². The molecule has 0 aromatic carbocycles. The number of unbranched alkanes of at least 4 members (excludes halogenated alkanes) is 14. The van der Waals surface area contributed by atoms with Crippen molar-refractivity contribution in [3.05, 3.63) is 0 Å². The fourth-order valence-electron chi connectivity index (χ4n) is 7.70. The summed E-state index contributed by atoms with van der Waals surface area (Å²) in [5.74, 6) is 1.60. The normalized spacial score (nSPS) is 15.2. The minimum Gasteiger partial charge on any atom is -0.481 e. The summed E-state index contributed by atoms with van der Waals surface area (Å²) >= 11 is 0. The molecule has 0 aliphatic heterocycles. The quantitative estimate of drug-likeness (QED) is 0.0589. The van der Waals surface area contributed by atoms with Gasteiger partial charge in [-0.15, -0.1) is 0 Å². The molecule has 0 amide bonds. The molecule has 0 radical (unpaired) electrons. The number of ether oxygens (including phenoxy) is 1. The molecule has 0 bridgehead atoms. The van der Waals surface area contributed by atoms with Crippen LogP contribution in [0.15, 0.2) is 0 Å². The van der Waals surface area contributed by atoms with E-state index in [4.69, 9.17) is 9.84 Å². The van der Waals surface area contributed by atoms with Crippen LogP contribution in [0, 0.1) is 35.0 Å². The predicted molar refractivity (Wildman–Crippen MR) is 195 cm³/mol. The Labute approximate surface area is 282 Å². The molecule has 4 unspecified atom stereocenters. The lowest BCUT2D eigenvalue weighted by molar-refractivity contribution is -0.170. The van der Waals surface area contributed by atoms with E-state index in [0.29, 0.717) is 36.7 Å². The second kappa shape index (κ2) is 28.0. The van der Waals surface area contributed by atoms with Crippen LogP contribution in [0.25, 0.3) is 0 Å². The lowest BCUT2D eigenvalue weighted by Gasteiger charge is -2.46. The molecule has 1 N–H and O–H groups in total. The molecule has 45 heavy (non-hydrogen) atoms. The molecule has 0 saturated heterocycles. The summed E-state index contributed by atoms with van der Waals surface area (Å²) in [6.45, 7) is 19.0. The molecule has 0 heterocycles. The molecular formula is C41H80O4. The first-order valence-corrected chi connectivity index (χ1v) is 20.0. The average molecular weight is 637 g/mol. The van der Waals surface area contributed by atoms with E-state index in [9.17, 15) is 9.59 Å². The van der Waals surface area contributed by atoms with Gasteiger partial charge in [0.1, 0.15) is 0 Å². The Kier molecular flexibility index (Phi) is 27.3. The van der Waals surface area contributed by atoms with Crippen LogP contribution >= 0.6 is 0 Å². The summed E-state index contributed by atoms with van der Waals surface area (Å²) in [6, 6.07) is 0. The molecular weight excluding hydrogens is 556 g/mol. The molecule has 0 rings (SSSR count). The molecule has 4 heteroatoms. The highest BCUT2D eigenvalue weighted by molar-refractivity contribution is 5.77. The Bertz CT molecular complexity index is 702. The molecule has 4 atom stereocenters. The predicted octanol–water partition coefficient (Wildman–Crippen LogP) is 13.2. The number of hydrogen-bond acceptors (Lipinski definition) is 3. The number of hydrogen-bond donors (Lipinski definition) is 1. The zero-order valence-corrected chi connectivity index (χ0v) is 31.7. The van der Waals surface area contributed by atoms with Crippen LogP contribution in [0.1, 0.15) is 209 Å². The average Bonchev–Trinajstić information content (AvgIpc) is 3.01. The van der Waals surface area contributed by atoms with Gasteiger partial charge >= 0.3 is 11.9 Å². The van der Waals surface area contributed by atoms with Crippen LogP contribution in [0.2, 0.25) is 0 Å². The number of carbonyl (C=O) groups excluding carboxylic acids is 1. The zero-order valence-electron chi connectivity index (χ0n) is 31.7. The van der Waals surface area contributed by atoms with E-state index in [1.54, 1.807) is 0 Å². The topological polar surface area (TPSA) is 63.6 Å². The van der Waals surface area contributed by atoms with Crippen LogP contribution in [-0.4, -0.2) is 23.7 Å². The maximum atomic E-state index is 14.4. The smallest absolute Gasteiger partial charge is 0.312 e. The fraction of sp³-hybridized carbons (Fsp3) is 0.951. The third-order valence-electron chi connectivity index (χ3n) is 10.9. The number of aliphatic carboxylic acids is 1. The third-order valence-corrected chi connectivity index (χ3v) is 10.9. The summed E-state index contributed by atoms with van der Waals surface area (Å²) in [6.07, 6.45) is 28.0. The Morgan fingerprint density at radius 1 is 0.600 bits per heavy atom. The van der Waals surface area contributed by atoms with Gasteiger partial charge in [-0.2, -0.15) is 0 Å². The molecule has 4 nitrogen and oxygen atoms in total. The van der Waals surface area contributed by atoms with E-state index < -0.39 is 11.4 Å². The van der Waals surface area contributed by atoms with Gasteiger partial charge in [0, 0.05) is 6.42 Å². The highest BCUT2D eigenvalue weighted by atomic mass is 16.5. The van der Waals surface area contributed by atoms with Crippen molar-refractivity contribution in [1.82, 2.24) is 0 Å². The molecule has 0 fully saturated rings. The minimum absolute atomic E-state index is 0.112. The van der Waals surface area contributed by atoms with E-state index in [1.807, 2.05) is 0 Å². The first-order chi connectivity index (χ1) is 21.6. The molecule has 0 aromatic heterocycles. The first-order valence-electron chi connectivity index (χ1n) is 20.0. The standard InChI is InChI=1S/C41H80O4/c1-9-13-28-36(11-3)32-41(35(7)8,40(44)45-33-37(12-4)29-14-10-2)38(34(5)6)30-26-24-22-20-18-16-15-17-19-21-23-25-27-31-39(42)43/h34-38H,9-33H2,1-8H3,(H,42,43). The van der Waals surface area contributed by atoms with Crippen LogP contribution in [0.3, 0.4) is 0 Å². The van der Waals surface area contributed by atoms with Crippen molar-refractivity contribution in [3.63, 3.8) is 0 Å². The van der Waals surface area contributed by atoms with Crippen LogP contribution in [-0.2, 0) is 14.3 Å². The minimum atomic E-state index is -0.667. The van der Waals surface area contributed by atoms with Crippen molar-refractivity contribution >= 4 is 11.9 Å². The van der Waals surface area contributed by atoms with Crippen molar-refractivity contribution in [2.45, 2.75) is 209 Å². The Morgan fingerprint density at radius 2 is 1.04 bits per heavy atom. The Balaban J connectivity index is 5.08. The van der Waals surface area contributed by atoms with Gasteiger partial charge in [-0.05, 0) is 55.3 Å². The van der Waals surface area contributed by atoms with Crippen LogP contribution in [0.5, 0.6) is 0 Å². The zero-order chi connectivity index (χ0) is 33.9. The van der Waals surface area contributed by atoms with E-state index in [-0.39, 0.29) is 11.9 Å². The van der Waals surface area contributed by atoms with E-state index in [0.717, 1.165) is 44.9 Å². The van der Waals surface area contributed by atoms with E-state index in [2.05, 4.69) is 55.4 Å². The van der Waals surface area contributed by atoms with E-state index in [1.165, 1.54) is 103 Å². The molecule has 268 valence electrons. The summed E-state index contributed by atoms with van der Waals surface area (Å²) in [5.41, 5.74) is -0.401. The van der Waals surface area contributed by atoms with Gasteiger partial charge in [0.2, 0.25) is 0 Å². The Hall–Kier alpha value is -1.06. The van der Waals surface area contributed by atoms with Gasteiger partial charge in [-0.3, -0.25) is 9.59 Å². The van der Waals surface area contributed by atoms with Crippen molar-refractivity contribution in [2.24, 2.45) is 35.0 Å². The molecule has 0 saturated carbocycles. The molecule has 0 aliphatic rings. The van der Waals surface area contributed by atoms with Crippen molar-refractivity contribution in [3.8, 4) is 0 Å². The van der Waals surface area contributed by atoms with Crippen LogP contribution < -0.4 is 0 Å². The second-order valence-corrected chi connectivity index (χ2v) is 15.2. The summed E-state index contributed by atoms with van der Waals surface area (Å²) in [5, 5.41) is 8.73. The van der Waals surface area contributed by atoms with Crippen molar-refractivity contribution in [1.29, 1.82) is 0 Å². The van der Waals surface area contributed by atoms with Gasteiger partial charge in [-0.1, -0.05) is 177 Å². The van der Waals surface area contributed by atoms with Gasteiger partial charge < -0.3 is 9.84 Å². The summed E-state index contributed by atoms with van der Waals surface area (Å²) < 4.78 is 6.37. The second-order valence-electron chi connectivity index (χ2n) is 15.2. The largest absolute Gasteiger partial charge is 0.481 e. The number of carbonyl (C=O) groups is 2. The number of rotatable bonds is 32.